The molecule has 13 N–H and O–H groups in total. The van der Waals surface area contributed by atoms with Crippen LogP contribution in [0.1, 0.15) is 70.6 Å². The third kappa shape index (κ3) is 16.2. The number of benzene rings is 1. The van der Waals surface area contributed by atoms with Gasteiger partial charge in [0.15, 0.2) is 34.7 Å². The van der Waals surface area contributed by atoms with Gasteiger partial charge in [0.2, 0.25) is 22.9 Å². The first kappa shape index (κ1) is 61.4. The quantitative estimate of drug-likeness (QED) is 0.0265. The number of halogens is 1. The van der Waals surface area contributed by atoms with Crippen LogP contribution < -0.4 is 27.0 Å². The van der Waals surface area contributed by atoms with Gasteiger partial charge in [0, 0.05) is 48.0 Å². The van der Waals surface area contributed by atoms with E-state index in [4.69, 9.17) is 31.1 Å². The SMILES string of the molecule is CC(C)C(CO)Nc1nc(Nc2ccc(C(=O)SCCNC(=O)CCNC(=O)C(O)C(C)(C)COP(=O)(O)OP(=O)(O)OCC3OC(n4cnc5c(N)ncnc54)C(O)C3OP(=O)(O)O)c(Cl)c2)c2ncn(C(C)C)c2n1. The van der Waals surface area contributed by atoms with Crippen molar-refractivity contribution < 1.29 is 85.6 Å². The number of nitrogens with two attached hydrogens (primary N) is 1. The number of imidazole rings is 2. The van der Waals surface area contributed by atoms with Gasteiger partial charge >= 0.3 is 23.5 Å². The van der Waals surface area contributed by atoms with Crippen LogP contribution in [0.4, 0.5) is 23.3 Å². The molecule has 1 fully saturated rings. The third-order valence-electron chi connectivity index (χ3n) is 11.5. The number of phosphoric ester groups is 3. The number of phosphoric acid groups is 3. The fourth-order valence-corrected chi connectivity index (χ4v) is 11.2. The highest BCUT2D eigenvalue weighted by Crippen LogP contribution is 2.61. The van der Waals surface area contributed by atoms with Crippen molar-refractivity contribution in [1.29, 1.82) is 0 Å². The lowest BCUT2D eigenvalue weighted by atomic mass is 9.87. The molecular weight excluding hydrogens is 1120 g/mol. The van der Waals surface area contributed by atoms with Gasteiger partial charge in [-0.3, -0.25) is 32.5 Å². The third-order valence-corrected chi connectivity index (χ3v) is 15.8. The minimum absolute atomic E-state index is 0.0171. The number of thioether (sulfide) groups is 1. The standard InChI is InChI=1S/C41H59ClN13O18P3S/c1-20(2)25(14-56)51-40-52-34(29-36(53-40)54(18-49-29)21(3)4)50-22-7-8-23(24(42)13-22)39(61)77-12-11-44-27(57)9-10-45-37(60)32(59)41(5,6)16-70-76(67,68)73-75(65,66)69-15-26-31(72-74(62,63)64)30(58)38(71-26)55-19-48-28-33(43)46-17-47-35(28)55/h7-8,13,17-21,25-26,30-32,38,56,58-59H,9-12,14-16H2,1-6H3,(H,44,57)(H,45,60)(H,65,66)(H,67,68)(H2,43,46,47)(H2,62,63,64)(H2,50,51,52,53). The van der Waals surface area contributed by atoms with Crippen molar-refractivity contribution in [2.24, 2.45) is 11.3 Å². The van der Waals surface area contributed by atoms with Crippen molar-refractivity contribution in [3.63, 3.8) is 0 Å². The van der Waals surface area contributed by atoms with Gasteiger partial charge in [-0.1, -0.05) is 51.1 Å². The number of nitrogens with zero attached hydrogens (tertiary/aromatic N) is 8. The number of carbonyl (C=O) groups is 3. The molecule has 1 aliphatic heterocycles. The van der Waals surface area contributed by atoms with Crippen molar-refractivity contribution in [3.05, 3.63) is 47.8 Å². The number of fused-ring (bicyclic) bond motifs is 2. The number of aliphatic hydroxyl groups is 3. The zero-order valence-electron chi connectivity index (χ0n) is 41.9. The first-order valence-corrected chi connectivity index (χ1v) is 29.1. The summed E-state index contributed by atoms with van der Waals surface area (Å²) in [5.41, 5.74) is 5.98. The molecule has 0 aliphatic carbocycles. The molecule has 1 saturated heterocycles. The molecule has 5 heterocycles. The van der Waals surface area contributed by atoms with Gasteiger partial charge in [0.25, 0.3) is 0 Å². The number of aromatic nitrogens is 8. The fourth-order valence-electron chi connectivity index (χ4n) is 7.28. The molecule has 5 aromatic rings. The first-order valence-electron chi connectivity index (χ1n) is 23.2. The summed E-state index contributed by atoms with van der Waals surface area (Å²) in [6.45, 7) is 7.93. The summed E-state index contributed by atoms with van der Waals surface area (Å²) in [7, 11) is -16.5. The van der Waals surface area contributed by atoms with E-state index < -0.39 is 84.6 Å². The minimum Gasteiger partial charge on any atom is -0.394 e. The maximum atomic E-state index is 13.1. The molecule has 8 atom stereocenters. The van der Waals surface area contributed by atoms with Gasteiger partial charge in [-0.05, 0) is 38.0 Å². The number of ether oxygens (including phenoxy) is 1. The number of hydrogen-bond donors (Lipinski definition) is 12. The van der Waals surface area contributed by atoms with Crippen molar-refractivity contribution in [2.75, 3.05) is 55.0 Å². The Balaban J connectivity index is 0.918. The number of aliphatic hydroxyl groups excluding tert-OH is 3. The van der Waals surface area contributed by atoms with E-state index in [1.54, 1.807) is 24.5 Å². The molecule has 0 saturated carbocycles. The van der Waals surface area contributed by atoms with Gasteiger partial charge in [-0.2, -0.15) is 14.3 Å². The maximum Gasteiger partial charge on any atom is 0.481 e. The molecule has 424 valence electrons. The van der Waals surface area contributed by atoms with Crippen LogP contribution in [0.3, 0.4) is 0 Å². The molecule has 77 heavy (non-hydrogen) atoms. The molecule has 0 bridgehead atoms. The van der Waals surface area contributed by atoms with E-state index in [2.05, 4.69) is 60.0 Å². The van der Waals surface area contributed by atoms with Crippen LogP contribution >= 0.6 is 46.8 Å². The van der Waals surface area contributed by atoms with Crippen LogP contribution in [0.2, 0.25) is 5.02 Å². The lowest BCUT2D eigenvalue weighted by Gasteiger charge is -2.30. The summed E-state index contributed by atoms with van der Waals surface area (Å²) in [6, 6.07) is 4.47. The molecule has 2 amide bonds. The highest BCUT2D eigenvalue weighted by molar-refractivity contribution is 8.14. The molecule has 6 rings (SSSR count). The number of rotatable bonds is 27. The zero-order valence-corrected chi connectivity index (χ0v) is 46.2. The molecule has 4 aromatic heterocycles. The summed E-state index contributed by atoms with van der Waals surface area (Å²) >= 11 is 7.46. The van der Waals surface area contributed by atoms with E-state index >= 15 is 0 Å². The van der Waals surface area contributed by atoms with Crippen molar-refractivity contribution in [2.45, 2.75) is 90.7 Å². The average Bonchev–Trinajstić information content (AvgIpc) is 4.07. The second-order valence-corrected chi connectivity index (χ2v) is 24.2. The molecule has 1 aliphatic rings. The predicted molar refractivity (Wildman–Crippen MR) is 276 cm³/mol. The smallest absolute Gasteiger partial charge is 0.394 e. The maximum absolute atomic E-state index is 13.1. The van der Waals surface area contributed by atoms with Crippen LogP contribution in [0.15, 0.2) is 37.2 Å². The first-order chi connectivity index (χ1) is 36.0. The fraction of sp³-hybridized carbons (Fsp3) is 0.537. The highest BCUT2D eigenvalue weighted by Gasteiger charge is 2.50. The molecule has 8 unspecified atom stereocenters. The van der Waals surface area contributed by atoms with E-state index in [1.165, 1.54) is 13.8 Å². The number of anilines is 4. The number of carbonyl (C=O) groups excluding carboxylic acids is 3. The van der Waals surface area contributed by atoms with Crippen molar-refractivity contribution in [1.82, 2.24) is 49.7 Å². The number of hydrogen-bond acceptors (Lipinski definition) is 24. The summed E-state index contributed by atoms with van der Waals surface area (Å²) < 4.78 is 64.5. The molecule has 31 nitrogen and oxygen atoms in total. The lowest BCUT2D eigenvalue weighted by Crippen LogP contribution is -2.46. The Morgan fingerprint density at radius 1 is 0.948 bits per heavy atom. The number of amides is 2. The van der Waals surface area contributed by atoms with E-state index in [-0.39, 0.29) is 88.5 Å². The van der Waals surface area contributed by atoms with Gasteiger partial charge in [-0.15, -0.1) is 0 Å². The van der Waals surface area contributed by atoms with Crippen LogP contribution in [0.25, 0.3) is 22.3 Å². The Labute approximate surface area is 447 Å². The Morgan fingerprint density at radius 3 is 2.31 bits per heavy atom. The van der Waals surface area contributed by atoms with Crippen LogP contribution in [-0.4, -0.2) is 160 Å². The molecule has 0 radical (unpaired) electrons. The van der Waals surface area contributed by atoms with Gasteiger partial charge in [0.05, 0.1) is 43.5 Å². The lowest BCUT2D eigenvalue weighted by molar-refractivity contribution is -0.137. The molecular formula is C41H59ClN13O18P3S. The second kappa shape index (κ2) is 25.5. The van der Waals surface area contributed by atoms with Crippen LogP contribution in [0.5, 0.6) is 0 Å². The number of nitrogens with one attached hydrogen (secondary N) is 4. The summed E-state index contributed by atoms with van der Waals surface area (Å²) in [6.07, 6.45) is -5.51. The summed E-state index contributed by atoms with van der Waals surface area (Å²) in [4.78, 5) is 104. The van der Waals surface area contributed by atoms with Gasteiger partial charge in [-0.25, -0.2) is 33.6 Å². The normalized spacial score (nSPS) is 19.5. The highest BCUT2D eigenvalue weighted by atomic mass is 35.5. The molecule has 1 aromatic carbocycles. The second-order valence-electron chi connectivity index (χ2n) is 18.5. The summed E-state index contributed by atoms with van der Waals surface area (Å²) in [5.74, 6) is -0.710. The topological polar surface area (TPSA) is 452 Å². The Bertz CT molecular complexity index is 3080. The van der Waals surface area contributed by atoms with Gasteiger partial charge < -0.3 is 71.2 Å². The van der Waals surface area contributed by atoms with E-state index in [9.17, 15) is 63.0 Å². The molecule has 0 spiro atoms. The largest absolute Gasteiger partial charge is 0.481 e. The van der Waals surface area contributed by atoms with E-state index in [0.717, 1.165) is 29.0 Å². The van der Waals surface area contributed by atoms with Crippen LogP contribution in [-0.2, 0) is 45.9 Å². The number of nitrogen functional groups attached to an aromatic ring is 1. The van der Waals surface area contributed by atoms with E-state index in [1.807, 2.05) is 32.3 Å². The average molecular weight is 1180 g/mol. The minimum atomic E-state index is -5.62. The van der Waals surface area contributed by atoms with E-state index in [0.29, 0.717) is 22.7 Å². The zero-order chi connectivity index (χ0) is 56.8. The Hall–Kier alpha value is -4.82. The van der Waals surface area contributed by atoms with Crippen LogP contribution in [0, 0.1) is 11.3 Å². The predicted octanol–water partition coefficient (Wildman–Crippen LogP) is 2.52. The van der Waals surface area contributed by atoms with Gasteiger partial charge in [0.1, 0.15) is 36.3 Å². The monoisotopic (exact) mass is 1180 g/mol. The Morgan fingerprint density at radius 2 is 1.65 bits per heavy atom. The summed E-state index contributed by atoms with van der Waals surface area (Å²) in [5, 5.41) is 42.7. The molecule has 36 heteroatoms. The van der Waals surface area contributed by atoms with Crippen molar-refractivity contribution >= 4 is 109 Å². The Kier molecular flexibility index (Phi) is 20.4. The van der Waals surface area contributed by atoms with Crippen molar-refractivity contribution in [3.8, 4) is 0 Å².